The summed E-state index contributed by atoms with van der Waals surface area (Å²) in [5, 5.41) is 4.91. The van der Waals surface area contributed by atoms with Crippen molar-refractivity contribution in [3.63, 3.8) is 0 Å². The van der Waals surface area contributed by atoms with Gasteiger partial charge in [0.2, 0.25) is 0 Å². The molecule has 0 amide bonds. The van der Waals surface area contributed by atoms with Gasteiger partial charge < -0.3 is 11.1 Å². The molecule has 0 unspecified atom stereocenters. The van der Waals surface area contributed by atoms with E-state index in [-0.39, 0.29) is 0 Å². The van der Waals surface area contributed by atoms with Crippen molar-refractivity contribution in [1.82, 2.24) is 5.32 Å². The highest BCUT2D eigenvalue weighted by Gasteiger charge is 2.21. The van der Waals surface area contributed by atoms with Gasteiger partial charge in [0.25, 0.3) is 0 Å². The maximum absolute atomic E-state index is 5.44. The summed E-state index contributed by atoms with van der Waals surface area (Å²) in [6.45, 7) is 7.59. The molecule has 0 aliphatic rings. The quantitative estimate of drug-likeness (QED) is 0.560. The Labute approximate surface area is 93.9 Å². The van der Waals surface area contributed by atoms with Gasteiger partial charge in [-0.3, -0.25) is 0 Å². The Morgan fingerprint density at radius 3 is 2.40 bits per heavy atom. The van der Waals surface area contributed by atoms with Crippen molar-refractivity contribution in [2.24, 2.45) is 5.73 Å². The molecule has 0 radical (unpaired) electrons. The van der Waals surface area contributed by atoms with Crippen LogP contribution in [0, 0.1) is 0 Å². The Bertz CT molecular complexity index is 272. The van der Waals surface area contributed by atoms with Crippen molar-refractivity contribution in [2.75, 3.05) is 19.6 Å². The molecule has 0 saturated heterocycles. The molecule has 2 nitrogen and oxygen atoms in total. The summed E-state index contributed by atoms with van der Waals surface area (Å²) in [4.78, 5) is 0. The van der Waals surface area contributed by atoms with E-state index in [0.717, 1.165) is 19.6 Å². The van der Waals surface area contributed by atoms with Crippen LogP contribution in [-0.4, -0.2) is 27.7 Å². The van der Waals surface area contributed by atoms with Gasteiger partial charge in [-0.25, -0.2) is 0 Å². The molecule has 0 aliphatic carbocycles. The summed E-state index contributed by atoms with van der Waals surface area (Å²) in [7, 11) is -1.23. The largest absolute Gasteiger partial charge is 0.329 e. The lowest BCUT2D eigenvalue weighted by Gasteiger charge is -2.23. The van der Waals surface area contributed by atoms with E-state index in [1.165, 1.54) is 6.04 Å². The van der Waals surface area contributed by atoms with Crippen LogP contribution in [0.25, 0.3) is 0 Å². The van der Waals surface area contributed by atoms with E-state index >= 15 is 0 Å². The van der Waals surface area contributed by atoms with Gasteiger partial charge in [0.15, 0.2) is 0 Å². The molecule has 1 aromatic carbocycles. The molecule has 1 rings (SSSR count). The second-order valence-corrected chi connectivity index (χ2v) is 9.38. The van der Waals surface area contributed by atoms with Crippen molar-refractivity contribution in [3.8, 4) is 0 Å². The molecule has 15 heavy (non-hydrogen) atoms. The van der Waals surface area contributed by atoms with Crippen LogP contribution in [0.3, 0.4) is 0 Å². The molecule has 0 bridgehead atoms. The van der Waals surface area contributed by atoms with Crippen LogP contribution >= 0.6 is 0 Å². The Hall–Kier alpha value is -0.643. The third kappa shape index (κ3) is 4.16. The van der Waals surface area contributed by atoms with Crippen LogP contribution in [0.2, 0.25) is 19.1 Å². The van der Waals surface area contributed by atoms with Gasteiger partial charge in [-0.2, -0.15) is 0 Å². The van der Waals surface area contributed by atoms with E-state index in [0.29, 0.717) is 0 Å². The summed E-state index contributed by atoms with van der Waals surface area (Å²) in [5.41, 5.74) is 5.44. The minimum Gasteiger partial charge on any atom is -0.329 e. The predicted octanol–water partition coefficient (Wildman–Crippen LogP) is 1.15. The van der Waals surface area contributed by atoms with Gasteiger partial charge >= 0.3 is 0 Å². The molecule has 0 heterocycles. The predicted molar refractivity (Wildman–Crippen MR) is 70.3 cm³/mol. The van der Waals surface area contributed by atoms with Gasteiger partial charge in [0.1, 0.15) is 0 Å². The Morgan fingerprint density at radius 1 is 1.13 bits per heavy atom. The molecule has 0 saturated carbocycles. The molecule has 3 heteroatoms. The lowest BCUT2D eigenvalue weighted by atomic mass is 10.4. The highest BCUT2D eigenvalue weighted by Crippen LogP contribution is 2.08. The first-order valence-electron chi connectivity index (χ1n) is 5.63. The first kappa shape index (κ1) is 12.4. The van der Waals surface area contributed by atoms with E-state index in [9.17, 15) is 0 Å². The number of hydrogen-bond donors (Lipinski definition) is 2. The van der Waals surface area contributed by atoms with E-state index in [1.807, 2.05) is 0 Å². The lowest BCUT2D eigenvalue weighted by Crippen LogP contribution is -2.43. The number of benzene rings is 1. The van der Waals surface area contributed by atoms with Crippen molar-refractivity contribution in [3.05, 3.63) is 30.3 Å². The van der Waals surface area contributed by atoms with Crippen LogP contribution in [0.15, 0.2) is 30.3 Å². The summed E-state index contributed by atoms with van der Waals surface area (Å²) in [6.07, 6.45) is 0. The summed E-state index contributed by atoms with van der Waals surface area (Å²) >= 11 is 0. The minimum atomic E-state index is -1.23. The molecular weight excluding hydrogens is 200 g/mol. The molecule has 0 aromatic heterocycles. The first-order valence-corrected chi connectivity index (χ1v) is 8.84. The van der Waals surface area contributed by atoms with Gasteiger partial charge in [0, 0.05) is 13.1 Å². The van der Waals surface area contributed by atoms with E-state index in [4.69, 9.17) is 5.73 Å². The molecular formula is C12H22N2Si. The molecule has 0 atom stereocenters. The molecule has 0 fully saturated rings. The smallest absolute Gasteiger partial charge is 0.0818 e. The average molecular weight is 222 g/mol. The van der Waals surface area contributed by atoms with Crippen molar-refractivity contribution in [2.45, 2.75) is 19.1 Å². The number of nitrogens with one attached hydrogen (secondary N) is 1. The van der Waals surface area contributed by atoms with Gasteiger partial charge in [-0.05, 0) is 12.6 Å². The summed E-state index contributed by atoms with van der Waals surface area (Å²) in [6, 6.07) is 12.1. The zero-order valence-corrected chi connectivity index (χ0v) is 10.8. The highest BCUT2D eigenvalue weighted by molar-refractivity contribution is 6.89. The second kappa shape index (κ2) is 6.05. The fourth-order valence-electron chi connectivity index (χ4n) is 1.66. The standard InChI is InChI=1S/C12H22N2Si/c1-15(2,11-10-14-9-8-13)12-6-4-3-5-7-12/h3-7,14H,8-11,13H2,1-2H3. The van der Waals surface area contributed by atoms with Gasteiger partial charge in [-0.1, -0.05) is 48.6 Å². The summed E-state index contributed by atoms with van der Waals surface area (Å²) < 4.78 is 0. The van der Waals surface area contributed by atoms with Crippen LogP contribution in [0.5, 0.6) is 0 Å². The fraction of sp³-hybridized carbons (Fsp3) is 0.500. The van der Waals surface area contributed by atoms with Crippen LogP contribution in [-0.2, 0) is 0 Å². The zero-order chi connectivity index (χ0) is 11.1. The average Bonchev–Trinajstić information content (AvgIpc) is 2.26. The van der Waals surface area contributed by atoms with Crippen LogP contribution in [0.1, 0.15) is 0 Å². The SMILES string of the molecule is C[Si](C)(CCNCCN)c1ccccc1. The molecule has 1 aromatic rings. The molecule has 3 N–H and O–H groups in total. The van der Waals surface area contributed by atoms with Crippen LogP contribution < -0.4 is 16.2 Å². The Kier molecular flexibility index (Phi) is 5.01. The number of nitrogens with two attached hydrogens (primary N) is 1. The molecule has 0 spiro atoms. The van der Waals surface area contributed by atoms with Crippen molar-refractivity contribution in [1.29, 1.82) is 0 Å². The third-order valence-corrected chi connectivity index (χ3v) is 6.20. The fourth-order valence-corrected chi connectivity index (χ4v) is 3.85. The van der Waals surface area contributed by atoms with Crippen LogP contribution in [0.4, 0.5) is 0 Å². The highest BCUT2D eigenvalue weighted by atomic mass is 28.3. The van der Waals surface area contributed by atoms with Crippen molar-refractivity contribution >= 4 is 13.3 Å². The van der Waals surface area contributed by atoms with E-state index in [1.54, 1.807) is 5.19 Å². The monoisotopic (exact) mass is 222 g/mol. The van der Waals surface area contributed by atoms with Crippen molar-refractivity contribution < 1.29 is 0 Å². The van der Waals surface area contributed by atoms with Gasteiger partial charge in [-0.15, -0.1) is 0 Å². The lowest BCUT2D eigenvalue weighted by molar-refractivity contribution is 0.720. The Balaban J connectivity index is 2.45. The normalized spacial score (nSPS) is 11.7. The summed E-state index contributed by atoms with van der Waals surface area (Å²) in [5.74, 6) is 0. The zero-order valence-electron chi connectivity index (χ0n) is 9.79. The van der Waals surface area contributed by atoms with Gasteiger partial charge in [0.05, 0.1) is 8.07 Å². The minimum absolute atomic E-state index is 0.729. The maximum atomic E-state index is 5.44. The second-order valence-electron chi connectivity index (χ2n) is 4.54. The number of rotatable bonds is 6. The van der Waals surface area contributed by atoms with E-state index in [2.05, 4.69) is 48.7 Å². The molecule has 0 aliphatic heterocycles. The maximum Gasteiger partial charge on any atom is 0.0818 e. The number of hydrogen-bond acceptors (Lipinski definition) is 2. The topological polar surface area (TPSA) is 38.0 Å². The molecule has 84 valence electrons. The third-order valence-electron chi connectivity index (χ3n) is 2.80. The van der Waals surface area contributed by atoms with E-state index < -0.39 is 8.07 Å². The first-order chi connectivity index (χ1) is 7.17. The Morgan fingerprint density at radius 2 is 1.80 bits per heavy atom.